The molecule has 3 aromatic carbocycles. The van der Waals surface area contributed by atoms with Crippen LogP contribution in [0.15, 0.2) is 48.5 Å². The second kappa shape index (κ2) is 6.21. The molecule has 0 saturated heterocycles. The normalized spacial score (nSPS) is 18.2. The van der Waals surface area contributed by atoms with Crippen molar-refractivity contribution >= 4 is 11.9 Å². The molecule has 1 atom stereocenters. The molecule has 0 saturated carbocycles. The summed E-state index contributed by atoms with van der Waals surface area (Å²) in [5.74, 6) is -1.95. The minimum Gasteiger partial charge on any atom is -0.508 e. The predicted octanol–water partition coefficient (Wildman–Crippen LogP) is 2.28. The van der Waals surface area contributed by atoms with Crippen LogP contribution < -0.4 is 16.2 Å². The first-order valence-corrected chi connectivity index (χ1v) is 9.24. The van der Waals surface area contributed by atoms with Gasteiger partial charge in [0.2, 0.25) is 0 Å². The zero-order chi connectivity index (χ0) is 22.1. The van der Waals surface area contributed by atoms with Gasteiger partial charge < -0.3 is 36.3 Å². The summed E-state index contributed by atoms with van der Waals surface area (Å²) >= 11 is 0. The lowest BCUT2D eigenvalue weighted by atomic mass is 9.76. The topological polar surface area (TPSA) is 165 Å². The number of carboxylic acids is 1. The lowest BCUT2D eigenvalue weighted by Crippen LogP contribution is -2.34. The largest absolute Gasteiger partial charge is 0.508 e. The number of carboxylic acid groups (broad SMARTS) is 1. The Morgan fingerprint density at radius 3 is 2.39 bits per heavy atom. The standard InChI is InChI=1S/C22H16N2O7/c23-19(24)17-15(26)6-5-14-18(17)30-16-8-10(25)2-4-13(16)22(14)12-3-1-9(20(27)28)7-11(12)21(29)31-22/h1-8,19,25-26H,23-24H2,(H,27,28). The van der Waals surface area contributed by atoms with Crippen LogP contribution >= 0.6 is 0 Å². The molecule has 9 nitrogen and oxygen atoms in total. The number of aromatic hydroxyl groups is 2. The van der Waals surface area contributed by atoms with Crippen LogP contribution in [-0.2, 0) is 10.3 Å². The number of fused-ring (bicyclic) bond motifs is 6. The molecule has 3 aromatic rings. The van der Waals surface area contributed by atoms with Gasteiger partial charge in [-0.15, -0.1) is 0 Å². The fraction of sp³-hybridized carbons (Fsp3) is 0.0909. The molecule has 0 aromatic heterocycles. The summed E-state index contributed by atoms with van der Waals surface area (Å²) < 4.78 is 11.9. The molecular weight excluding hydrogens is 404 g/mol. The van der Waals surface area contributed by atoms with Gasteiger partial charge in [0.25, 0.3) is 0 Å². The van der Waals surface area contributed by atoms with E-state index in [-0.39, 0.29) is 39.7 Å². The van der Waals surface area contributed by atoms with E-state index in [4.69, 9.17) is 20.9 Å². The molecule has 1 spiro atoms. The number of hydrogen-bond donors (Lipinski definition) is 5. The molecule has 5 rings (SSSR count). The minimum absolute atomic E-state index is 0.0682. The lowest BCUT2D eigenvalue weighted by Gasteiger charge is -2.37. The molecule has 2 heterocycles. The Kier molecular flexibility index (Phi) is 3.79. The van der Waals surface area contributed by atoms with Gasteiger partial charge in [0.1, 0.15) is 23.0 Å². The highest BCUT2D eigenvalue weighted by molar-refractivity contribution is 6.00. The number of esters is 1. The number of rotatable bonds is 2. The monoisotopic (exact) mass is 420 g/mol. The Morgan fingerprint density at radius 1 is 0.968 bits per heavy atom. The van der Waals surface area contributed by atoms with Crippen molar-refractivity contribution in [1.29, 1.82) is 0 Å². The van der Waals surface area contributed by atoms with Crippen LogP contribution in [0.1, 0.15) is 49.1 Å². The summed E-state index contributed by atoms with van der Waals surface area (Å²) in [4.78, 5) is 24.3. The lowest BCUT2D eigenvalue weighted by molar-refractivity contribution is 0.0223. The fourth-order valence-corrected chi connectivity index (χ4v) is 4.24. The van der Waals surface area contributed by atoms with Gasteiger partial charge in [0.15, 0.2) is 5.60 Å². The summed E-state index contributed by atoms with van der Waals surface area (Å²) in [5.41, 5.74) is 11.5. The maximum absolute atomic E-state index is 12.9. The maximum Gasteiger partial charge on any atom is 0.340 e. The highest BCUT2D eigenvalue weighted by atomic mass is 16.6. The number of phenols is 2. The van der Waals surface area contributed by atoms with Crippen LogP contribution in [0.5, 0.6) is 23.0 Å². The maximum atomic E-state index is 12.9. The van der Waals surface area contributed by atoms with Crippen molar-refractivity contribution in [3.63, 3.8) is 0 Å². The third kappa shape index (κ3) is 2.44. The first-order valence-electron chi connectivity index (χ1n) is 9.24. The van der Waals surface area contributed by atoms with Crippen LogP contribution in [0, 0.1) is 0 Å². The molecule has 7 N–H and O–H groups in total. The zero-order valence-electron chi connectivity index (χ0n) is 15.8. The third-order valence-corrected chi connectivity index (χ3v) is 5.55. The molecule has 0 amide bonds. The molecule has 1 unspecified atom stereocenters. The summed E-state index contributed by atoms with van der Waals surface area (Å²) in [7, 11) is 0. The average Bonchev–Trinajstić information content (AvgIpc) is 3.00. The van der Waals surface area contributed by atoms with E-state index >= 15 is 0 Å². The number of hydrogen-bond acceptors (Lipinski definition) is 8. The summed E-state index contributed by atoms with van der Waals surface area (Å²) in [6.45, 7) is 0. The zero-order valence-corrected chi connectivity index (χ0v) is 15.8. The van der Waals surface area contributed by atoms with Gasteiger partial charge in [-0.3, -0.25) is 0 Å². The van der Waals surface area contributed by atoms with Crippen molar-refractivity contribution in [2.45, 2.75) is 11.8 Å². The number of benzene rings is 3. The van der Waals surface area contributed by atoms with E-state index in [1.807, 2.05) is 0 Å². The van der Waals surface area contributed by atoms with Gasteiger partial charge in [0.05, 0.1) is 22.9 Å². The first kappa shape index (κ1) is 18.9. The van der Waals surface area contributed by atoms with Gasteiger partial charge in [0, 0.05) is 22.8 Å². The summed E-state index contributed by atoms with van der Waals surface area (Å²) in [6.07, 6.45) is -1.11. The van der Waals surface area contributed by atoms with E-state index in [1.165, 1.54) is 42.5 Å². The molecule has 0 radical (unpaired) electrons. The molecule has 31 heavy (non-hydrogen) atoms. The van der Waals surface area contributed by atoms with Crippen LogP contribution in [0.4, 0.5) is 0 Å². The van der Waals surface area contributed by atoms with E-state index in [0.717, 1.165) is 0 Å². The molecule has 2 aliphatic rings. The van der Waals surface area contributed by atoms with Crippen LogP contribution in [0.2, 0.25) is 0 Å². The average molecular weight is 420 g/mol. The Balaban J connectivity index is 1.89. The molecule has 156 valence electrons. The number of carbonyl (C=O) groups is 2. The second-order valence-electron chi connectivity index (χ2n) is 7.32. The van der Waals surface area contributed by atoms with E-state index < -0.39 is 23.7 Å². The van der Waals surface area contributed by atoms with Crippen LogP contribution in [0.3, 0.4) is 0 Å². The van der Waals surface area contributed by atoms with Gasteiger partial charge in [-0.05, 0) is 36.4 Å². The second-order valence-corrected chi connectivity index (χ2v) is 7.32. The van der Waals surface area contributed by atoms with Gasteiger partial charge >= 0.3 is 11.9 Å². The fourth-order valence-electron chi connectivity index (χ4n) is 4.24. The number of phenolic OH excluding ortho intramolecular Hbond substituents is 2. The van der Waals surface area contributed by atoms with Crippen LogP contribution in [-0.4, -0.2) is 27.3 Å². The van der Waals surface area contributed by atoms with E-state index in [0.29, 0.717) is 16.7 Å². The van der Waals surface area contributed by atoms with E-state index in [2.05, 4.69) is 0 Å². The quantitative estimate of drug-likeness (QED) is 0.309. The summed E-state index contributed by atoms with van der Waals surface area (Å²) in [5, 5.41) is 29.7. The van der Waals surface area contributed by atoms with Crippen molar-refractivity contribution in [1.82, 2.24) is 0 Å². The minimum atomic E-state index is -1.52. The van der Waals surface area contributed by atoms with Crippen molar-refractivity contribution in [2.75, 3.05) is 0 Å². The van der Waals surface area contributed by atoms with E-state index in [9.17, 15) is 24.9 Å². The van der Waals surface area contributed by atoms with Gasteiger partial charge in [-0.2, -0.15) is 0 Å². The predicted molar refractivity (Wildman–Crippen MR) is 106 cm³/mol. The first-order chi connectivity index (χ1) is 14.7. The Hall–Kier alpha value is -4.08. The number of aromatic carboxylic acids is 1. The number of ether oxygens (including phenoxy) is 2. The van der Waals surface area contributed by atoms with Gasteiger partial charge in [-0.25, -0.2) is 9.59 Å². The smallest absolute Gasteiger partial charge is 0.340 e. The van der Waals surface area contributed by atoms with Crippen molar-refractivity contribution < 1.29 is 34.4 Å². The number of carbonyl (C=O) groups excluding carboxylic acids is 1. The Bertz CT molecular complexity index is 1300. The third-order valence-electron chi connectivity index (χ3n) is 5.55. The van der Waals surface area contributed by atoms with Crippen LogP contribution in [0.25, 0.3) is 0 Å². The Morgan fingerprint density at radius 2 is 1.68 bits per heavy atom. The Labute approximate surface area is 175 Å². The molecule has 0 aliphatic carbocycles. The molecule has 0 bridgehead atoms. The van der Waals surface area contributed by atoms with Gasteiger partial charge in [-0.1, -0.05) is 6.07 Å². The van der Waals surface area contributed by atoms with Crippen molar-refractivity contribution in [3.8, 4) is 23.0 Å². The summed E-state index contributed by atoms with van der Waals surface area (Å²) in [6, 6.07) is 11.3. The molecule has 2 aliphatic heterocycles. The molecule has 9 heteroatoms. The molecule has 0 fully saturated rings. The van der Waals surface area contributed by atoms with Crippen molar-refractivity contribution in [2.24, 2.45) is 11.5 Å². The van der Waals surface area contributed by atoms with E-state index in [1.54, 1.807) is 6.07 Å². The van der Waals surface area contributed by atoms with Crippen molar-refractivity contribution in [3.05, 3.63) is 81.9 Å². The SMILES string of the molecule is NC(N)c1c(O)ccc2c1Oc1cc(O)ccc1C21OC(=O)c2cc(C(=O)O)ccc21. The number of nitrogens with two attached hydrogens (primary N) is 2. The molecular formula is C22H16N2O7. The highest BCUT2D eigenvalue weighted by Crippen LogP contribution is 2.58. The highest BCUT2D eigenvalue weighted by Gasteiger charge is 2.54.